The average Bonchev–Trinajstić information content (AvgIpc) is 3.27. The molecule has 1 amide bonds. The molecule has 4 N–H and O–H groups in total. The van der Waals surface area contributed by atoms with Crippen LogP contribution in [-0.2, 0) is 0 Å². The van der Waals surface area contributed by atoms with E-state index in [0.717, 1.165) is 11.1 Å². The number of hydrogen-bond acceptors (Lipinski definition) is 4. The molecule has 0 unspecified atom stereocenters. The Balaban J connectivity index is 1.44. The van der Waals surface area contributed by atoms with E-state index < -0.39 is 18.4 Å². The third kappa shape index (κ3) is 5.11. The van der Waals surface area contributed by atoms with Crippen LogP contribution in [0.1, 0.15) is 53.0 Å². The molecule has 33 heavy (non-hydrogen) atoms. The lowest BCUT2D eigenvalue weighted by atomic mass is 9.97. The number of alkyl halides is 2. The first-order valence-electron chi connectivity index (χ1n) is 10.5. The molecule has 7 nitrogen and oxygen atoms in total. The van der Waals surface area contributed by atoms with Crippen LogP contribution in [0, 0.1) is 0 Å². The molecule has 2 aromatic carbocycles. The van der Waals surface area contributed by atoms with Crippen LogP contribution in [0.25, 0.3) is 0 Å². The first kappa shape index (κ1) is 22.7. The number of carbonyl (C=O) groups is 1. The Kier molecular flexibility index (Phi) is 6.83. The summed E-state index contributed by atoms with van der Waals surface area (Å²) in [6.45, 7) is 1.94. The molecule has 0 radical (unpaired) electrons. The van der Waals surface area contributed by atoms with Crippen molar-refractivity contribution in [3.05, 3.63) is 83.6 Å². The third-order valence-electron chi connectivity index (χ3n) is 5.57. The molecular formula is C23H24F2N6OS. The predicted octanol–water partition coefficient (Wildman–Crippen LogP) is 4.12. The van der Waals surface area contributed by atoms with E-state index in [9.17, 15) is 13.6 Å². The smallest absolute Gasteiger partial charge is 0.275 e. The van der Waals surface area contributed by atoms with Crippen LogP contribution in [0.2, 0.25) is 0 Å². The maximum atomic E-state index is 13.8. The van der Waals surface area contributed by atoms with Gasteiger partial charge < -0.3 is 10.6 Å². The van der Waals surface area contributed by atoms with E-state index in [2.05, 4.69) is 26.6 Å². The lowest BCUT2D eigenvalue weighted by Gasteiger charge is -2.32. The Morgan fingerprint density at radius 2 is 1.79 bits per heavy atom. The van der Waals surface area contributed by atoms with Gasteiger partial charge in [0.25, 0.3) is 12.3 Å². The minimum atomic E-state index is -2.62. The number of carbonyl (C=O) groups excluding carboxylic acids is 1. The van der Waals surface area contributed by atoms with Crippen LogP contribution in [0.15, 0.2) is 66.9 Å². The molecule has 3 atom stereocenters. The van der Waals surface area contributed by atoms with Gasteiger partial charge in [-0.25, -0.2) is 13.5 Å². The largest absolute Gasteiger partial charge is 0.363 e. The van der Waals surface area contributed by atoms with Gasteiger partial charge in [-0.3, -0.25) is 15.6 Å². The van der Waals surface area contributed by atoms with Gasteiger partial charge in [0.15, 0.2) is 5.11 Å². The van der Waals surface area contributed by atoms with Crippen molar-refractivity contribution in [1.82, 2.24) is 25.9 Å². The van der Waals surface area contributed by atoms with E-state index >= 15 is 0 Å². The average molecular weight is 471 g/mol. The predicted molar refractivity (Wildman–Crippen MR) is 126 cm³/mol. The van der Waals surface area contributed by atoms with Gasteiger partial charge in [0.05, 0.1) is 18.3 Å². The summed E-state index contributed by atoms with van der Waals surface area (Å²) in [5, 5.41) is 10.6. The van der Waals surface area contributed by atoms with Gasteiger partial charge >= 0.3 is 0 Å². The van der Waals surface area contributed by atoms with Gasteiger partial charge in [-0.15, -0.1) is 0 Å². The number of nitrogens with zero attached hydrogens (tertiary/aromatic N) is 2. The molecule has 1 aromatic heterocycles. The van der Waals surface area contributed by atoms with Crippen molar-refractivity contribution in [2.45, 2.75) is 37.9 Å². The Morgan fingerprint density at radius 1 is 1.12 bits per heavy atom. The van der Waals surface area contributed by atoms with Gasteiger partial charge in [-0.05, 0) is 36.7 Å². The van der Waals surface area contributed by atoms with Gasteiger partial charge in [-0.2, -0.15) is 5.10 Å². The number of thiocarbonyl (C=S) groups is 1. The molecule has 0 saturated heterocycles. The maximum Gasteiger partial charge on any atom is 0.275 e. The monoisotopic (exact) mass is 470 g/mol. The Hall–Kier alpha value is -3.53. The number of halogens is 2. The maximum absolute atomic E-state index is 13.8. The molecule has 2 heterocycles. The summed E-state index contributed by atoms with van der Waals surface area (Å²) in [5.41, 5.74) is 7.22. The van der Waals surface area contributed by atoms with Crippen LogP contribution in [0.3, 0.4) is 0 Å². The fourth-order valence-electron chi connectivity index (χ4n) is 3.84. The van der Waals surface area contributed by atoms with Crippen LogP contribution in [-0.4, -0.2) is 27.2 Å². The van der Waals surface area contributed by atoms with Gasteiger partial charge in [0.1, 0.15) is 17.4 Å². The SMILES string of the molecule is C[C@H](NC(=S)NNC(=O)c1cnn2c1N[C@@H](c1ccccc1)C[C@H]2C(F)F)c1ccccc1. The summed E-state index contributed by atoms with van der Waals surface area (Å²) >= 11 is 5.26. The normalized spacial score (nSPS) is 18.1. The molecule has 3 aromatic rings. The number of nitrogens with one attached hydrogen (secondary N) is 4. The Morgan fingerprint density at radius 3 is 2.45 bits per heavy atom. The summed E-state index contributed by atoms with van der Waals surface area (Å²) in [6.07, 6.45) is -1.19. The van der Waals surface area contributed by atoms with E-state index in [1.54, 1.807) is 0 Å². The van der Waals surface area contributed by atoms with Crippen molar-refractivity contribution in [1.29, 1.82) is 0 Å². The van der Waals surface area contributed by atoms with Crippen molar-refractivity contribution in [3.8, 4) is 0 Å². The molecule has 0 saturated carbocycles. The second-order valence-electron chi connectivity index (χ2n) is 7.78. The second kappa shape index (κ2) is 9.95. The van der Waals surface area contributed by atoms with Gasteiger partial charge in [0.2, 0.25) is 0 Å². The third-order valence-corrected chi connectivity index (χ3v) is 5.79. The molecule has 0 aliphatic carbocycles. The first-order chi connectivity index (χ1) is 15.9. The van der Waals surface area contributed by atoms with Crippen molar-refractivity contribution in [2.24, 2.45) is 0 Å². The molecule has 1 aliphatic heterocycles. The highest BCUT2D eigenvalue weighted by atomic mass is 32.1. The lowest BCUT2D eigenvalue weighted by molar-refractivity contribution is 0.0656. The summed E-state index contributed by atoms with van der Waals surface area (Å²) < 4.78 is 28.8. The number of anilines is 1. The van der Waals surface area contributed by atoms with Crippen molar-refractivity contribution < 1.29 is 13.6 Å². The van der Waals surface area contributed by atoms with Crippen LogP contribution in [0.5, 0.6) is 0 Å². The molecule has 10 heteroatoms. The molecule has 0 fully saturated rings. The van der Waals surface area contributed by atoms with E-state index in [0.29, 0.717) is 0 Å². The number of fused-ring (bicyclic) bond motifs is 1. The van der Waals surface area contributed by atoms with Crippen molar-refractivity contribution in [3.63, 3.8) is 0 Å². The zero-order valence-corrected chi connectivity index (χ0v) is 18.7. The highest BCUT2D eigenvalue weighted by Gasteiger charge is 2.36. The zero-order chi connectivity index (χ0) is 23.4. The minimum Gasteiger partial charge on any atom is -0.363 e. The number of amides is 1. The molecule has 4 rings (SSSR count). The Bertz CT molecular complexity index is 1110. The summed E-state index contributed by atoms with van der Waals surface area (Å²) in [6, 6.07) is 17.4. The Labute approximate surface area is 195 Å². The van der Waals surface area contributed by atoms with Gasteiger partial charge in [0, 0.05) is 0 Å². The van der Waals surface area contributed by atoms with E-state index in [1.165, 1.54) is 10.9 Å². The number of benzene rings is 2. The van der Waals surface area contributed by atoms with Gasteiger partial charge in [-0.1, -0.05) is 60.7 Å². The van der Waals surface area contributed by atoms with Crippen molar-refractivity contribution >= 4 is 29.1 Å². The topological polar surface area (TPSA) is 83.0 Å². The number of hydrogen-bond donors (Lipinski definition) is 4. The van der Waals surface area contributed by atoms with E-state index in [1.807, 2.05) is 67.6 Å². The van der Waals surface area contributed by atoms with Crippen molar-refractivity contribution in [2.75, 3.05) is 5.32 Å². The highest BCUT2D eigenvalue weighted by Crippen LogP contribution is 2.39. The number of aromatic nitrogens is 2. The number of rotatable bonds is 5. The number of hydrazine groups is 1. The molecule has 172 valence electrons. The van der Waals surface area contributed by atoms with E-state index in [4.69, 9.17) is 12.2 Å². The summed E-state index contributed by atoms with van der Waals surface area (Å²) in [5.74, 6) is -0.293. The summed E-state index contributed by atoms with van der Waals surface area (Å²) in [7, 11) is 0. The standard InChI is InChI=1S/C23H24F2N6OS/c1-14(15-8-4-2-5-9-15)27-23(33)30-29-22(32)17-13-26-31-19(20(24)25)12-18(28-21(17)31)16-10-6-3-7-11-16/h2-11,13-14,18-20,28H,12H2,1H3,(H,29,32)(H2,27,30,33)/t14-,18+,19-/m0/s1. The van der Waals surface area contributed by atoms with E-state index in [-0.39, 0.29) is 35.0 Å². The first-order valence-corrected chi connectivity index (χ1v) is 10.9. The molecular weight excluding hydrogens is 446 g/mol. The molecule has 1 aliphatic rings. The van der Waals surface area contributed by atoms with Crippen LogP contribution in [0.4, 0.5) is 14.6 Å². The quantitative estimate of drug-likeness (QED) is 0.332. The second-order valence-corrected chi connectivity index (χ2v) is 8.19. The minimum absolute atomic E-state index is 0.0768. The van der Waals surface area contributed by atoms with Crippen LogP contribution >= 0.6 is 12.2 Å². The lowest BCUT2D eigenvalue weighted by Crippen LogP contribution is -2.47. The highest BCUT2D eigenvalue weighted by molar-refractivity contribution is 7.80. The molecule has 0 spiro atoms. The fourth-order valence-corrected chi connectivity index (χ4v) is 4.07. The zero-order valence-electron chi connectivity index (χ0n) is 17.8. The molecule has 0 bridgehead atoms. The summed E-state index contributed by atoms with van der Waals surface area (Å²) in [4.78, 5) is 12.8. The fraction of sp³-hybridized carbons (Fsp3) is 0.261. The van der Waals surface area contributed by atoms with Crippen LogP contribution < -0.4 is 21.5 Å².